The van der Waals surface area contributed by atoms with Gasteiger partial charge in [0.1, 0.15) is 5.75 Å². The van der Waals surface area contributed by atoms with E-state index in [1.54, 1.807) is 31.1 Å². The molecule has 0 aliphatic heterocycles. The number of thioether (sulfide) groups is 1. The summed E-state index contributed by atoms with van der Waals surface area (Å²) in [6.45, 7) is 6.86. The molecule has 0 unspecified atom stereocenters. The van der Waals surface area contributed by atoms with Gasteiger partial charge in [0.2, 0.25) is 5.69 Å². The molecule has 0 saturated carbocycles. The van der Waals surface area contributed by atoms with Crippen molar-refractivity contribution in [2.75, 3.05) is 7.11 Å². The number of hydrogen-bond acceptors (Lipinski definition) is 3. The van der Waals surface area contributed by atoms with Gasteiger partial charge in [0.25, 0.3) is 0 Å². The third-order valence-electron chi connectivity index (χ3n) is 2.40. The van der Waals surface area contributed by atoms with E-state index >= 15 is 0 Å². The fourth-order valence-corrected chi connectivity index (χ4v) is 2.20. The maximum Gasteiger partial charge on any atom is 0.205 e. The number of rotatable bonds is 4. The Morgan fingerprint density at radius 2 is 2.00 bits per heavy atom. The van der Waals surface area contributed by atoms with Crippen LogP contribution in [0.25, 0.3) is 4.85 Å². The van der Waals surface area contributed by atoms with E-state index in [0.29, 0.717) is 5.69 Å². The average molecular weight is 256 g/mol. The Labute approximate surface area is 111 Å². The van der Waals surface area contributed by atoms with E-state index in [4.69, 9.17) is 11.3 Å². The zero-order valence-electron chi connectivity index (χ0n) is 9.96. The van der Waals surface area contributed by atoms with Gasteiger partial charge in [0, 0.05) is 11.9 Å². The molecule has 0 fully saturated rings. The Hall–Kier alpha value is -1.99. The molecule has 0 saturated heterocycles. The lowest BCUT2D eigenvalue weighted by Gasteiger charge is -2.03. The number of benzene rings is 1. The van der Waals surface area contributed by atoms with Crippen molar-refractivity contribution in [2.24, 2.45) is 0 Å². The van der Waals surface area contributed by atoms with Crippen LogP contribution in [-0.4, -0.2) is 12.1 Å². The van der Waals surface area contributed by atoms with Crippen LogP contribution in [0, 0.1) is 6.57 Å². The summed E-state index contributed by atoms with van der Waals surface area (Å²) >= 11 is 1.65. The van der Waals surface area contributed by atoms with Crippen LogP contribution < -0.4 is 4.74 Å². The standard InChI is InChI=1S/C14H12N2OS/c1-15-12-5-8-14(16-9-12)18-10-11-3-6-13(17-2)7-4-11/h3-9H,10H2,2H3. The van der Waals surface area contributed by atoms with Crippen LogP contribution in [0.3, 0.4) is 0 Å². The normalized spacial score (nSPS) is 9.78. The molecule has 0 N–H and O–H groups in total. The molecular weight excluding hydrogens is 244 g/mol. The van der Waals surface area contributed by atoms with Crippen LogP contribution in [0.4, 0.5) is 5.69 Å². The molecule has 0 aliphatic carbocycles. The van der Waals surface area contributed by atoms with Gasteiger partial charge in [-0.2, -0.15) is 0 Å². The second-order valence-corrected chi connectivity index (χ2v) is 4.60. The number of methoxy groups -OCH3 is 1. The molecule has 3 nitrogen and oxygen atoms in total. The van der Waals surface area contributed by atoms with Crippen LogP contribution >= 0.6 is 11.8 Å². The van der Waals surface area contributed by atoms with E-state index in [-0.39, 0.29) is 0 Å². The van der Waals surface area contributed by atoms with Crippen LogP contribution in [0.15, 0.2) is 47.6 Å². The third-order valence-corrected chi connectivity index (χ3v) is 3.41. The van der Waals surface area contributed by atoms with Crippen molar-refractivity contribution in [2.45, 2.75) is 10.8 Å². The zero-order valence-corrected chi connectivity index (χ0v) is 10.8. The van der Waals surface area contributed by atoms with Gasteiger partial charge in [-0.3, -0.25) is 4.98 Å². The van der Waals surface area contributed by atoms with Gasteiger partial charge in [0.15, 0.2) is 0 Å². The first-order valence-electron chi connectivity index (χ1n) is 5.41. The monoisotopic (exact) mass is 256 g/mol. The topological polar surface area (TPSA) is 26.5 Å². The van der Waals surface area contributed by atoms with E-state index in [1.165, 1.54) is 5.56 Å². The second-order valence-electron chi connectivity index (χ2n) is 3.60. The summed E-state index contributed by atoms with van der Waals surface area (Å²) in [5, 5.41) is 0.929. The summed E-state index contributed by atoms with van der Waals surface area (Å²) < 4.78 is 5.11. The number of pyridine rings is 1. The maximum absolute atomic E-state index is 6.86. The zero-order chi connectivity index (χ0) is 12.8. The first-order valence-corrected chi connectivity index (χ1v) is 6.39. The van der Waals surface area contributed by atoms with Crippen molar-refractivity contribution >= 4 is 17.4 Å². The Morgan fingerprint density at radius 1 is 1.22 bits per heavy atom. The van der Waals surface area contributed by atoms with E-state index in [9.17, 15) is 0 Å². The van der Waals surface area contributed by atoms with Crippen LogP contribution in [0.1, 0.15) is 5.56 Å². The Balaban J connectivity index is 1.95. The molecule has 2 aromatic rings. The molecule has 1 heterocycles. The molecule has 90 valence electrons. The smallest absolute Gasteiger partial charge is 0.205 e. The van der Waals surface area contributed by atoms with Crippen molar-refractivity contribution < 1.29 is 4.74 Å². The Bertz CT molecular complexity index is 544. The SMILES string of the molecule is [C-]#[N+]c1ccc(SCc2ccc(OC)cc2)nc1. The summed E-state index contributed by atoms with van der Waals surface area (Å²) in [6.07, 6.45) is 1.60. The number of hydrogen-bond donors (Lipinski definition) is 0. The van der Waals surface area contributed by atoms with Gasteiger partial charge >= 0.3 is 0 Å². The highest BCUT2D eigenvalue weighted by Crippen LogP contribution is 2.23. The molecule has 0 radical (unpaired) electrons. The van der Waals surface area contributed by atoms with Gasteiger partial charge in [-0.25, -0.2) is 4.85 Å². The summed E-state index contributed by atoms with van der Waals surface area (Å²) in [5.74, 6) is 1.72. The lowest BCUT2D eigenvalue weighted by molar-refractivity contribution is 0.414. The molecular formula is C14H12N2OS. The van der Waals surface area contributed by atoms with Crippen molar-refractivity contribution in [1.29, 1.82) is 0 Å². The summed E-state index contributed by atoms with van der Waals surface area (Å²) in [5.41, 5.74) is 1.79. The lowest BCUT2D eigenvalue weighted by atomic mass is 10.2. The maximum atomic E-state index is 6.86. The largest absolute Gasteiger partial charge is 0.497 e. The first kappa shape index (κ1) is 12.5. The number of aromatic nitrogens is 1. The fourth-order valence-electron chi connectivity index (χ4n) is 1.40. The fraction of sp³-hybridized carbons (Fsp3) is 0.143. The second kappa shape index (κ2) is 6.08. The predicted octanol–water partition coefficient (Wildman–Crippen LogP) is 3.93. The molecule has 0 bridgehead atoms. The molecule has 4 heteroatoms. The Morgan fingerprint density at radius 3 is 2.56 bits per heavy atom. The van der Waals surface area contributed by atoms with E-state index < -0.39 is 0 Å². The molecule has 0 spiro atoms. The molecule has 0 aliphatic rings. The van der Waals surface area contributed by atoms with Crippen molar-refractivity contribution in [3.05, 3.63) is 59.6 Å². The van der Waals surface area contributed by atoms with Crippen molar-refractivity contribution in [1.82, 2.24) is 4.98 Å². The summed E-state index contributed by atoms with van der Waals surface area (Å²) in [6, 6.07) is 11.6. The van der Waals surface area contributed by atoms with E-state index in [0.717, 1.165) is 16.5 Å². The third kappa shape index (κ3) is 3.25. The van der Waals surface area contributed by atoms with E-state index in [2.05, 4.69) is 9.83 Å². The highest BCUT2D eigenvalue weighted by Gasteiger charge is 1.99. The minimum atomic E-state index is 0.573. The molecule has 18 heavy (non-hydrogen) atoms. The van der Waals surface area contributed by atoms with Gasteiger partial charge in [0.05, 0.1) is 18.7 Å². The predicted molar refractivity (Wildman–Crippen MR) is 73.1 cm³/mol. The summed E-state index contributed by atoms with van der Waals surface area (Å²) in [7, 11) is 1.66. The highest BCUT2D eigenvalue weighted by molar-refractivity contribution is 7.98. The van der Waals surface area contributed by atoms with Gasteiger partial charge in [-0.15, -0.1) is 11.8 Å². The van der Waals surface area contributed by atoms with Crippen LogP contribution in [0.2, 0.25) is 0 Å². The molecule has 2 rings (SSSR count). The van der Waals surface area contributed by atoms with Crippen molar-refractivity contribution in [3.63, 3.8) is 0 Å². The molecule has 1 aromatic heterocycles. The molecule has 1 aromatic carbocycles. The Kier molecular flexibility index (Phi) is 4.21. The van der Waals surface area contributed by atoms with Crippen LogP contribution in [0.5, 0.6) is 5.75 Å². The number of nitrogens with zero attached hydrogens (tertiary/aromatic N) is 2. The average Bonchev–Trinajstić information content (AvgIpc) is 2.46. The van der Waals surface area contributed by atoms with Crippen LogP contribution in [-0.2, 0) is 5.75 Å². The number of ether oxygens (including phenoxy) is 1. The minimum absolute atomic E-state index is 0.573. The molecule has 0 amide bonds. The van der Waals surface area contributed by atoms with Gasteiger partial charge in [-0.05, 0) is 23.8 Å². The van der Waals surface area contributed by atoms with Crippen molar-refractivity contribution in [3.8, 4) is 5.75 Å². The highest BCUT2D eigenvalue weighted by atomic mass is 32.2. The quantitative estimate of drug-likeness (QED) is 0.612. The van der Waals surface area contributed by atoms with Gasteiger partial charge < -0.3 is 4.74 Å². The lowest BCUT2D eigenvalue weighted by Crippen LogP contribution is -1.85. The van der Waals surface area contributed by atoms with Gasteiger partial charge in [-0.1, -0.05) is 18.2 Å². The first-order chi connectivity index (χ1) is 8.81. The van der Waals surface area contributed by atoms with E-state index in [1.807, 2.05) is 30.3 Å². The molecule has 0 atom stereocenters. The summed E-state index contributed by atoms with van der Waals surface area (Å²) in [4.78, 5) is 7.54. The minimum Gasteiger partial charge on any atom is -0.497 e.